The third-order valence-electron chi connectivity index (χ3n) is 2.51. The van der Waals surface area contributed by atoms with Crippen LogP contribution in [0, 0.1) is 6.92 Å². The molecule has 3 heteroatoms. The van der Waals surface area contributed by atoms with Crippen molar-refractivity contribution in [3.8, 4) is 0 Å². The molecule has 0 spiro atoms. The number of rotatable bonds is 3. The van der Waals surface area contributed by atoms with Gasteiger partial charge < -0.3 is 16.6 Å². The summed E-state index contributed by atoms with van der Waals surface area (Å²) in [6.45, 7) is 3.94. The predicted octanol–water partition coefficient (Wildman–Crippen LogP) is 1.13. The predicted molar refractivity (Wildman–Crippen MR) is 58.8 cm³/mol. The zero-order chi connectivity index (χ0) is 10.8. The molecule has 1 rings (SSSR count). The normalized spacial score (nSPS) is 15.1. The Balaban J connectivity index is 3.17. The number of nitrogens with two attached hydrogens (primary N) is 2. The fraction of sp³-hybridized carbons (Fsp3) is 0.455. The van der Waals surface area contributed by atoms with E-state index in [0.29, 0.717) is 12.1 Å². The van der Waals surface area contributed by atoms with Crippen LogP contribution in [0.1, 0.15) is 24.5 Å². The van der Waals surface area contributed by atoms with E-state index in [-0.39, 0.29) is 6.61 Å². The SMILES string of the molecule is Cc1cccc(N)c1[C@@](C)(N)CCO. The molecule has 0 unspecified atom stereocenters. The Morgan fingerprint density at radius 2 is 2.07 bits per heavy atom. The van der Waals surface area contributed by atoms with E-state index in [9.17, 15) is 0 Å². The smallest absolute Gasteiger partial charge is 0.0451 e. The van der Waals surface area contributed by atoms with Gasteiger partial charge in [0.1, 0.15) is 0 Å². The summed E-state index contributed by atoms with van der Waals surface area (Å²) in [5.41, 5.74) is 14.1. The topological polar surface area (TPSA) is 72.3 Å². The Morgan fingerprint density at radius 3 is 2.57 bits per heavy atom. The number of hydrogen-bond acceptors (Lipinski definition) is 3. The summed E-state index contributed by atoms with van der Waals surface area (Å²) >= 11 is 0. The van der Waals surface area contributed by atoms with E-state index in [1.165, 1.54) is 0 Å². The molecule has 0 aliphatic rings. The van der Waals surface area contributed by atoms with E-state index < -0.39 is 5.54 Å². The standard InChI is InChI=1S/C11H18N2O/c1-8-4-3-5-9(12)10(8)11(2,13)6-7-14/h3-5,14H,6-7,12-13H2,1-2H3/t11-/m0/s1. The molecule has 0 heterocycles. The molecule has 1 aromatic carbocycles. The highest BCUT2D eigenvalue weighted by Gasteiger charge is 2.24. The van der Waals surface area contributed by atoms with Crippen molar-refractivity contribution < 1.29 is 5.11 Å². The van der Waals surface area contributed by atoms with Gasteiger partial charge in [-0.3, -0.25) is 0 Å². The molecule has 0 fully saturated rings. The van der Waals surface area contributed by atoms with Gasteiger partial charge in [-0.15, -0.1) is 0 Å². The zero-order valence-electron chi connectivity index (χ0n) is 8.75. The van der Waals surface area contributed by atoms with Crippen LogP contribution >= 0.6 is 0 Å². The maximum absolute atomic E-state index is 8.92. The molecular weight excluding hydrogens is 176 g/mol. The number of anilines is 1. The number of benzene rings is 1. The van der Waals surface area contributed by atoms with Gasteiger partial charge >= 0.3 is 0 Å². The fourth-order valence-electron chi connectivity index (χ4n) is 1.83. The molecule has 5 N–H and O–H groups in total. The van der Waals surface area contributed by atoms with Crippen LogP contribution in [0.25, 0.3) is 0 Å². The number of aliphatic hydroxyl groups excluding tert-OH is 1. The van der Waals surface area contributed by atoms with E-state index >= 15 is 0 Å². The summed E-state index contributed by atoms with van der Waals surface area (Å²) in [5, 5.41) is 8.92. The first-order valence-electron chi connectivity index (χ1n) is 4.74. The van der Waals surface area contributed by atoms with Crippen molar-refractivity contribution in [1.82, 2.24) is 0 Å². The molecule has 1 aromatic rings. The van der Waals surface area contributed by atoms with E-state index in [4.69, 9.17) is 16.6 Å². The van der Waals surface area contributed by atoms with Crippen molar-refractivity contribution >= 4 is 5.69 Å². The quantitative estimate of drug-likeness (QED) is 0.632. The van der Waals surface area contributed by atoms with Gasteiger partial charge in [0.05, 0.1) is 0 Å². The van der Waals surface area contributed by atoms with Crippen LogP contribution in [0.15, 0.2) is 18.2 Å². The summed E-state index contributed by atoms with van der Waals surface area (Å²) in [6, 6.07) is 5.72. The summed E-state index contributed by atoms with van der Waals surface area (Å²) in [5.74, 6) is 0. The highest BCUT2D eigenvalue weighted by Crippen LogP contribution is 2.29. The molecule has 78 valence electrons. The van der Waals surface area contributed by atoms with Crippen molar-refractivity contribution in [2.45, 2.75) is 25.8 Å². The van der Waals surface area contributed by atoms with Crippen LogP contribution in [-0.4, -0.2) is 11.7 Å². The van der Waals surface area contributed by atoms with Crippen LogP contribution in [0.2, 0.25) is 0 Å². The summed E-state index contributed by atoms with van der Waals surface area (Å²) in [4.78, 5) is 0. The number of hydrogen-bond donors (Lipinski definition) is 3. The van der Waals surface area contributed by atoms with Gasteiger partial charge in [0.2, 0.25) is 0 Å². The second-order valence-corrected chi connectivity index (χ2v) is 3.93. The number of nitrogen functional groups attached to an aromatic ring is 1. The van der Waals surface area contributed by atoms with Gasteiger partial charge in [-0.25, -0.2) is 0 Å². The third kappa shape index (κ3) is 2.05. The monoisotopic (exact) mass is 194 g/mol. The lowest BCUT2D eigenvalue weighted by Crippen LogP contribution is -2.35. The molecule has 3 nitrogen and oxygen atoms in total. The van der Waals surface area contributed by atoms with Crippen LogP contribution in [0.4, 0.5) is 5.69 Å². The maximum Gasteiger partial charge on any atom is 0.0451 e. The minimum absolute atomic E-state index is 0.0702. The van der Waals surface area contributed by atoms with Gasteiger partial charge in [-0.2, -0.15) is 0 Å². The molecule has 0 saturated heterocycles. The largest absolute Gasteiger partial charge is 0.398 e. The van der Waals surface area contributed by atoms with Gasteiger partial charge in [-0.05, 0) is 37.5 Å². The average molecular weight is 194 g/mol. The van der Waals surface area contributed by atoms with Crippen molar-refractivity contribution in [1.29, 1.82) is 0 Å². The maximum atomic E-state index is 8.92. The summed E-state index contributed by atoms with van der Waals surface area (Å²) in [7, 11) is 0. The van der Waals surface area contributed by atoms with Gasteiger partial charge in [0, 0.05) is 17.8 Å². The lowest BCUT2D eigenvalue weighted by Gasteiger charge is -2.27. The first-order chi connectivity index (χ1) is 6.49. The molecule has 0 radical (unpaired) electrons. The van der Waals surface area contributed by atoms with E-state index in [0.717, 1.165) is 11.1 Å². The molecule has 0 saturated carbocycles. The van der Waals surface area contributed by atoms with Gasteiger partial charge in [0.15, 0.2) is 0 Å². The zero-order valence-corrected chi connectivity index (χ0v) is 8.75. The van der Waals surface area contributed by atoms with E-state index in [1.807, 2.05) is 32.0 Å². The lowest BCUT2D eigenvalue weighted by molar-refractivity contribution is 0.247. The first-order valence-corrected chi connectivity index (χ1v) is 4.74. The van der Waals surface area contributed by atoms with E-state index in [1.54, 1.807) is 0 Å². The Hall–Kier alpha value is -1.06. The Labute approximate surface area is 84.7 Å². The molecule has 1 atom stereocenters. The van der Waals surface area contributed by atoms with Crippen LogP contribution in [0.3, 0.4) is 0 Å². The van der Waals surface area contributed by atoms with Crippen molar-refractivity contribution in [3.63, 3.8) is 0 Å². The average Bonchev–Trinajstić information content (AvgIpc) is 2.02. The molecule has 0 amide bonds. The Morgan fingerprint density at radius 1 is 1.43 bits per heavy atom. The highest BCUT2D eigenvalue weighted by molar-refractivity contribution is 5.54. The van der Waals surface area contributed by atoms with Crippen molar-refractivity contribution in [3.05, 3.63) is 29.3 Å². The summed E-state index contributed by atoms with van der Waals surface area (Å²) in [6.07, 6.45) is 0.516. The number of aliphatic hydroxyl groups is 1. The number of aryl methyl sites for hydroxylation is 1. The Kier molecular flexibility index (Phi) is 3.13. The first kappa shape index (κ1) is 11.0. The molecule has 0 bridgehead atoms. The van der Waals surface area contributed by atoms with Crippen LogP contribution in [0.5, 0.6) is 0 Å². The minimum atomic E-state index is -0.551. The van der Waals surface area contributed by atoms with Crippen molar-refractivity contribution in [2.75, 3.05) is 12.3 Å². The molecular formula is C11H18N2O. The molecule has 14 heavy (non-hydrogen) atoms. The summed E-state index contributed by atoms with van der Waals surface area (Å²) < 4.78 is 0. The molecule has 0 aromatic heterocycles. The Bertz CT molecular complexity index is 301. The van der Waals surface area contributed by atoms with Crippen molar-refractivity contribution in [2.24, 2.45) is 5.73 Å². The fourth-order valence-corrected chi connectivity index (χ4v) is 1.83. The van der Waals surface area contributed by atoms with Gasteiger partial charge in [-0.1, -0.05) is 12.1 Å². The minimum Gasteiger partial charge on any atom is -0.398 e. The van der Waals surface area contributed by atoms with E-state index in [2.05, 4.69) is 0 Å². The molecule has 0 aliphatic carbocycles. The van der Waals surface area contributed by atoms with Crippen LogP contribution in [-0.2, 0) is 5.54 Å². The second-order valence-electron chi connectivity index (χ2n) is 3.93. The molecule has 0 aliphatic heterocycles. The van der Waals surface area contributed by atoms with Crippen LogP contribution < -0.4 is 11.5 Å². The lowest BCUT2D eigenvalue weighted by atomic mass is 9.86. The second kappa shape index (κ2) is 3.98. The highest BCUT2D eigenvalue weighted by atomic mass is 16.3. The van der Waals surface area contributed by atoms with Gasteiger partial charge in [0.25, 0.3) is 0 Å². The third-order valence-corrected chi connectivity index (χ3v) is 2.51.